The van der Waals surface area contributed by atoms with Crippen molar-refractivity contribution in [3.63, 3.8) is 0 Å². The first-order valence-electron chi connectivity index (χ1n) is 4.04. The van der Waals surface area contributed by atoms with Gasteiger partial charge in [0.15, 0.2) is 0 Å². The van der Waals surface area contributed by atoms with Gasteiger partial charge >= 0.3 is 5.97 Å². The van der Waals surface area contributed by atoms with Gasteiger partial charge in [0.05, 0.1) is 18.8 Å². The first kappa shape index (κ1) is 31.5. The maximum Gasteiger partial charge on any atom is 0.302 e. The standard InChI is InChI=1S/C8H13O6.2CH3.2Y/c1-6(10)14-4-8(12)2-7(11)3-13-5-9;;;;/h7-8,11-12H,2-4H2,1H3;2*1H3;;/q3*-1;;. The van der Waals surface area contributed by atoms with Gasteiger partial charge in [-0.1, -0.05) is 6.47 Å². The van der Waals surface area contributed by atoms with E-state index in [0.717, 1.165) is 6.47 Å². The summed E-state index contributed by atoms with van der Waals surface area (Å²) in [6.45, 7) is 1.94. The number of rotatable bonds is 7. The summed E-state index contributed by atoms with van der Waals surface area (Å²) in [7, 11) is 0. The van der Waals surface area contributed by atoms with E-state index in [-0.39, 0.29) is 99.9 Å². The molecule has 0 aromatic carbocycles. The fraction of sp³-hybridized carbons (Fsp3) is 0.600. The minimum absolute atomic E-state index is 0. The van der Waals surface area contributed by atoms with Crippen LogP contribution in [0.5, 0.6) is 0 Å². The van der Waals surface area contributed by atoms with E-state index in [0.29, 0.717) is 0 Å². The van der Waals surface area contributed by atoms with Crippen molar-refractivity contribution >= 4 is 12.4 Å². The molecule has 0 rings (SSSR count). The third-order valence-corrected chi connectivity index (χ3v) is 1.36. The van der Waals surface area contributed by atoms with Gasteiger partial charge in [-0.2, -0.15) is 0 Å². The molecule has 2 atom stereocenters. The van der Waals surface area contributed by atoms with Crippen LogP contribution in [0.15, 0.2) is 0 Å². The molecule has 8 heteroatoms. The fourth-order valence-corrected chi connectivity index (χ4v) is 0.794. The van der Waals surface area contributed by atoms with Crippen molar-refractivity contribution in [2.75, 3.05) is 13.2 Å². The van der Waals surface area contributed by atoms with Gasteiger partial charge in [0.1, 0.15) is 6.61 Å². The topological polar surface area (TPSA) is 93.1 Å². The number of hydrogen-bond donors (Lipinski definition) is 2. The zero-order valence-corrected chi connectivity index (χ0v) is 16.6. The van der Waals surface area contributed by atoms with Crippen LogP contribution in [-0.2, 0) is 84.5 Å². The molecular weight excluding hydrogens is 394 g/mol. The molecule has 0 aliphatic heterocycles. The van der Waals surface area contributed by atoms with Gasteiger partial charge in [0.25, 0.3) is 0 Å². The molecule has 0 fully saturated rings. The third-order valence-electron chi connectivity index (χ3n) is 1.36. The van der Waals surface area contributed by atoms with Crippen LogP contribution in [0.25, 0.3) is 0 Å². The van der Waals surface area contributed by atoms with Crippen LogP contribution in [0.2, 0.25) is 0 Å². The van der Waals surface area contributed by atoms with E-state index in [9.17, 15) is 14.7 Å². The summed E-state index contributed by atoms with van der Waals surface area (Å²) in [6, 6.07) is 0. The zero-order valence-electron chi connectivity index (χ0n) is 11.0. The van der Waals surface area contributed by atoms with E-state index in [1.165, 1.54) is 6.92 Å². The molecule has 6 nitrogen and oxygen atoms in total. The smallest absolute Gasteiger partial charge is 0.302 e. The summed E-state index contributed by atoms with van der Waals surface area (Å²) in [5, 5.41) is 18.3. The Morgan fingerprint density at radius 1 is 1.17 bits per heavy atom. The summed E-state index contributed by atoms with van der Waals surface area (Å²) in [5.74, 6) is -0.504. The largest absolute Gasteiger partial charge is 0.651 e. The van der Waals surface area contributed by atoms with Crippen LogP contribution in [0.4, 0.5) is 0 Å². The average Bonchev–Trinajstić information content (AvgIpc) is 2.11. The molecule has 0 spiro atoms. The van der Waals surface area contributed by atoms with Crippen molar-refractivity contribution in [1.82, 2.24) is 0 Å². The number of ether oxygens (including phenoxy) is 2. The summed E-state index contributed by atoms with van der Waals surface area (Å²) in [5.41, 5.74) is 0. The van der Waals surface area contributed by atoms with E-state index in [2.05, 4.69) is 9.47 Å². The first-order chi connectivity index (χ1) is 6.56. The maximum atomic E-state index is 10.3. The zero-order chi connectivity index (χ0) is 11.0. The van der Waals surface area contributed by atoms with E-state index in [1.807, 2.05) is 0 Å². The predicted molar refractivity (Wildman–Crippen MR) is 57.7 cm³/mol. The number of aliphatic hydroxyl groups excluding tert-OH is 2. The molecule has 104 valence electrons. The van der Waals surface area contributed by atoms with Crippen molar-refractivity contribution in [2.24, 2.45) is 0 Å². The number of esters is 1. The Kier molecular flexibility index (Phi) is 35.6. The van der Waals surface area contributed by atoms with Crippen molar-refractivity contribution in [2.45, 2.75) is 25.6 Å². The van der Waals surface area contributed by atoms with Gasteiger partial charge in [-0.3, -0.25) is 4.79 Å². The molecule has 2 N–H and O–H groups in total. The van der Waals surface area contributed by atoms with Crippen molar-refractivity contribution in [1.29, 1.82) is 0 Å². The molecular formula is C10H19O6Y2-3. The van der Waals surface area contributed by atoms with Gasteiger partial charge in [-0.15, -0.1) is 0 Å². The maximum absolute atomic E-state index is 10.3. The van der Waals surface area contributed by atoms with Crippen LogP contribution in [0.3, 0.4) is 0 Å². The van der Waals surface area contributed by atoms with Gasteiger partial charge in [0, 0.05) is 78.8 Å². The van der Waals surface area contributed by atoms with Gasteiger partial charge in [-0.05, 0) is 0 Å². The second-order valence-electron chi connectivity index (χ2n) is 2.74. The Morgan fingerprint density at radius 3 is 2.00 bits per heavy atom. The van der Waals surface area contributed by atoms with Crippen molar-refractivity contribution < 1.29 is 94.7 Å². The van der Waals surface area contributed by atoms with E-state index in [1.54, 1.807) is 0 Å². The Labute approximate surface area is 159 Å². The van der Waals surface area contributed by atoms with Crippen LogP contribution in [0, 0.1) is 14.9 Å². The van der Waals surface area contributed by atoms with E-state index >= 15 is 0 Å². The minimum Gasteiger partial charge on any atom is -0.651 e. The second-order valence-corrected chi connectivity index (χ2v) is 2.74. The third kappa shape index (κ3) is 22.3. The molecule has 0 bridgehead atoms. The van der Waals surface area contributed by atoms with E-state index < -0.39 is 18.2 Å². The molecule has 0 aromatic heterocycles. The summed E-state index contributed by atoms with van der Waals surface area (Å²) in [4.78, 5) is 20.0. The molecule has 0 heterocycles. The summed E-state index contributed by atoms with van der Waals surface area (Å²) in [6.07, 6.45) is -1.99. The summed E-state index contributed by atoms with van der Waals surface area (Å²) < 4.78 is 8.64. The van der Waals surface area contributed by atoms with Gasteiger partial charge in [0.2, 0.25) is 0 Å². The molecule has 2 radical (unpaired) electrons. The molecule has 2 unspecified atom stereocenters. The Morgan fingerprint density at radius 2 is 1.61 bits per heavy atom. The average molecular weight is 413 g/mol. The molecule has 0 saturated carbocycles. The summed E-state index contributed by atoms with van der Waals surface area (Å²) >= 11 is 0. The number of carbonyl (C=O) groups is 1. The van der Waals surface area contributed by atoms with E-state index in [4.69, 9.17) is 5.11 Å². The van der Waals surface area contributed by atoms with Crippen LogP contribution in [0.1, 0.15) is 13.3 Å². The van der Waals surface area contributed by atoms with Crippen molar-refractivity contribution in [3.05, 3.63) is 14.9 Å². The van der Waals surface area contributed by atoms with Crippen LogP contribution >= 0.6 is 0 Å². The number of carbonyl (C=O) groups excluding carboxylic acids is 2. The number of hydrogen-bond acceptors (Lipinski definition) is 6. The Bertz CT molecular complexity index is 191. The molecule has 0 aromatic rings. The van der Waals surface area contributed by atoms with Crippen LogP contribution < -0.4 is 0 Å². The second kappa shape index (κ2) is 20.4. The fourth-order valence-electron chi connectivity index (χ4n) is 0.794. The molecule has 18 heavy (non-hydrogen) atoms. The van der Waals surface area contributed by atoms with Gasteiger partial charge < -0.3 is 39.3 Å². The molecule has 0 aliphatic rings. The molecule has 0 aliphatic carbocycles. The van der Waals surface area contributed by atoms with Crippen LogP contribution in [-0.4, -0.2) is 48.1 Å². The molecule has 0 amide bonds. The minimum atomic E-state index is -0.984. The Balaban J connectivity index is -0.000000141. The van der Waals surface area contributed by atoms with Gasteiger partial charge in [-0.25, -0.2) is 0 Å². The Hall–Kier alpha value is 1.07. The number of aliphatic hydroxyl groups is 2. The monoisotopic (exact) mass is 413 g/mol. The van der Waals surface area contributed by atoms with Crippen molar-refractivity contribution in [3.8, 4) is 0 Å². The quantitative estimate of drug-likeness (QED) is 0.438. The SMILES string of the molecule is CC(=O)OCC(O)CC(O)CO[C-]=O.[CH3-].[CH3-].[Y].[Y]. The first-order valence-corrected chi connectivity index (χ1v) is 4.04. The predicted octanol–water partition coefficient (Wildman–Crippen LogP) is -0.359. The molecule has 0 saturated heterocycles. The normalized spacial score (nSPS) is 11.1.